The van der Waals surface area contributed by atoms with E-state index in [2.05, 4.69) is 131 Å². The molecule has 3 nitrogen and oxygen atoms in total. The van der Waals surface area contributed by atoms with Gasteiger partial charge in [0, 0.05) is 0 Å². The molecule has 0 atom stereocenters. The maximum absolute atomic E-state index is 6.31. The summed E-state index contributed by atoms with van der Waals surface area (Å²) in [7, 11) is 0. The molecule has 4 heteroatoms. The fourth-order valence-electron chi connectivity index (χ4n) is 5.54. The van der Waals surface area contributed by atoms with Gasteiger partial charge < -0.3 is 14.2 Å². The summed E-state index contributed by atoms with van der Waals surface area (Å²) >= 11 is 6.31. The van der Waals surface area contributed by atoms with Crippen LogP contribution in [0.3, 0.4) is 0 Å². The second-order valence-corrected chi connectivity index (χ2v) is 17.4. The van der Waals surface area contributed by atoms with Gasteiger partial charge in [-0.1, -0.05) is 170 Å². The molecule has 55 heavy (non-hydrogen) atoms. The van der Waals surface area contributed by atoms with E-state index in [0.29, 0.717) is 11.6 Å². The van der Waals surface area contributed by atoms with E-state index in [1.807, 2.05) is 91.0 Å². The predicted octanol–water partition coefficient (Wildman–Crippen LogP) is 15.4. The Morgan fingerprint density at radius 1 is 0.436 bits per heavy atom. The Morgan fingerprint density at radius 3 is 1.40 bits per heavy atom. The standard InChI is InChI=1S/C18H21ClO.C17H20O.C16H18O/c1-13-6-5-7-14(10-13)12-20-17-9-8-15(11-16(17)19)18(2,3)4;1-13-12-14(17(2,3)4)10-11-16(13)18-15-8-6-5-7-9-15;1-16(2,3)13-9-11-15(12-10-13)17-14-7-5-4-6-8-14/h5-11H,12H2,1-4H3;5-12H,1-4H3;4-12H,1-3H3. The van der Waals surface area contributed by atoms with Gasteiger partial charge in [0.1, 0.15) is 35.4 Å². The van der Waals surface area contributed by atoms with Crippen LogP contribution in [0.15, 0.2) is 146 Å². The summed E-state index contributed by atoms with van der Waals surface area (Å²) in [5.74, 6) is 4.29. The minimum absolute atomic E-state index is 0.0959. The second kappa shape index (κ2) is 19.0. The van der Waals surface area contributed by atoms with E-state index in [1.165, 1.54) is 27.8 Å². The van der Waals surface area contributed by atoms with Crippen molar-refractivity contribution >= 4 is 11.6 Å². The normalized spacial score (nSPS) is 11.3. The third-order valence-electron chi connectivity index (χ3n) is 8.99. The highest BCUT2D eigenvalue weighted by Crippen LogP contribution is 2.33. The van der Waals surface area contributed by atoms with Crippen molar-refractivity contribution in [2.24, 2.45) is 0 Å². The fraction of sp³-hybridized carbons (Fsp3) is 0.294. The first kappa shape index (κ1) is 42.7. The lowest BCUT2D eigenvalue weighted by Gasteiger charge is -2.20. The van der Waals surface area contributed by atoms with Gasteiger partial charge in [-0.3, -0.25) is 0 Å². The summed E-state index contributed by atoms with van der Waals surface area (Å²) in [4.78, 5) is 0. The highest BCUT2D eigenvalue weighted by atomic mass is 35.5. The Balaban J connectivity index is 0.000000184. The molecule has 0 heterocycles. The van der Waals surface area contributed by atoms with Crippen molar-refractivity contribution in [3.8, 4) is 28.7 Å². The number of halogens is 1. The Hall–Kier alpha value is -4.99. The number of benzene rings is 6. The first-order valence-corrected chi connectivity index (χ1v) is 19.4. The molecule has 0 radical (unpaired) electrons. The molecule has 288 valence electrons. The maximum Gasteiger partial charge on any atom is 0.138 e. The molecule has 0 aliphatic rings. The lowest BCUT2D eigenvalue weighted by molar-refractivity contribution is 0.306. The molecule has 6 rings (SSSR count). The predicted molar refractivity (Wildman–Crippen MR) is 234 cm³/mol. The molecule has 0 aliphatic heterocycles. The van der Waals surface area contributed by atoms with Gasteiger partial charge in [0.2, 0.25) is 0 Å². The minimum atomic E-state index is 0.0959. The zero-order chi connectivity index (χ0) is 40.2. The number of aryl methyl sites for hydroxylation is 2. The van der Waals surface area contributed by atoms with Gasteiger partial charge in [-0.2, -0.15) is 0 Å². The molecule has 0 saturated carbocycles. The molecule has 0 amide bonds. The van der Waals surface area contributed by atoms with Gasteiger partial charge in [-0.05, 0) is 113 Å². The van der Waals surface area contributed by atoms with Gasteiger partial charge >= 0.3 is 0 Å². The van der Waals surface area contributed by atoms with Crippen molar-refractivity contribution in [3.05, 3.63) is 184 Å². The van der Waals surface area contributed by atoms with Crippen LogP contribution in [0, 0.1) is 13.8 Å². The molecular formula is C51H59ClO3. The summed E-state index contributed by atoms with van der Waals surface area (Å²) in [6.07, 6.45) is 0. The number of hydrogen-bond acceptors (Lipinski definition) is 3. The van der Waals surface area contributed by atoms with Crippen molar-refractivity contribution in [1.29, 1.82) is 0 Å². The Morgan fingerprint density at radius 2 is 0.909 bits per heavy atom. The van der Waals surface area contributed by atoms with Crippen LogP contribution in [-0.2, 0) is 22.9 Å². The first-order chi connectivity index (χ1) is 25.9. The van der Waals surface area contributed by atoms with Crippen LogP contribution < -0.4 is 14.2 Å². The van der Waals surface area contributed by atoms with E-state index in [-0.39, 0.29) is 16.2 Å². The highest BCUT2D eigenvalue weighted by molar-refractivity contribution is 6.32. The number of para-hydroxylation sites is 2. The average Bonchev–Trinajstić information content (AvgIpc) is 3.12. The van der Waals surface area contributed by atoms with Gasteiger partial charge in [0.05, 0.1) is 5.02 Å². The molecule has 0 unspecified atom stereocenters. The fourth-order valence-corrected chi connectivity index (χ4v) is 5.78. The molecular weight excluding hydrogens is 696 g/mol. The summed E-state index contributed by atoms with van der Waals surface area (Å²) in [6, 6.07) is 48.8. The van der Waals surface area contributed by atoms with Crippen LogP contribution in [0.25, 0.3) is 0 Å². The van der Waals surface area contributed by atoms with Crippen molar-refractivity contribution in [2.45, 2.75) is 99.0 Å². The number of hydrogen-bond donors (Lipinski definition) is 0. The van der Waals surface area contributed by atoms with Crippen LogP contribution in [0.2, 0.25) is 5.02 Å². The Kier molecular flexibility index (Phi) is 14.8. The molecule has 0 aromatic heterocycles. The monoisotopic (exact) mass is 754 g/mol. The zero-order valence-corrected chi connectivity index (χ0v) is 35.4. The smallest absolute Gasteiger partial charge is 0.138 e. The molecule has 6 aromatic rings. The molecule has 0 fully saturated rings. The summed E-state index contributed by atoms with van der Waals surface area (Å²) < 4.78 is 17.4. The van der Waals surface area contributed by atoms with E-state index in [4.69, 9.17) is 25.8 Å². The number of ether oxygens (including phenoxy) is 3. The molecule has 0 bridgehead atoms. The molecule has 0 aliphatic carbocycles. The van der Waals surface area contributed by atoms with Crippen LogP contribution >= 0.6 is 11.6 Å². The van der Waals surface area contributed by atoms with Crippen molar-refractivity contribution in [3.63, 3.8) is 0 Å². The van der Waals surface area contributed by atoms with E-state index < -0.39 is 0 Å². The summed E-state index contributed by atoms with van der Waals surface area (Å²) in [5.41, 5.74) is 7.89. The quantitative estimate of drug-likeness (QED) is 0.162. The van der Waals surface area contributed by atoms with Crippen molar-refractivity contribution in [2.75, 3.05) is 0 Å². The third-order valence-corrected chi connectivity index (χ3v) is 9.28. The summed E-state index contributed by atoms with van der Waals surface area (Å²) in [5, 5.41) is 0.671. The van der Waals surface area contributed by atoms with Gasteiger partial charge in [0.25, 0.3) is 0 Å². The van der Waals surface area contributed by atoms with Crippen LogP contribution in [0.5, 0.6) is 28.7 Å². The highest BCUT2D eigenvalue weighted by Gasteiger charge is 2.17. The van der Waals surface area contributed by atoms with E-state index in [1.54, 1.807) is 0 Å². The molecule has 6 aromatic carbocycles. The van der Waals surface area contributed by atoms with Crippen LogP contribution in [-0.4, -0.2) is 0 Å². The topological polar surface area (TPSA) is 27.7 Å². The van der Waals surface area contributed by atoms with E-state index in [0.717, 1.165) is 34.3 Å². The third kappa shape index (κ3) is 14.0. The lowest BCUT2D eigenvalue weighted by atomic mass is 9.86. The lowest BCUT2D eigenvalue weighted by Crippen LogP contribution is -2.11. The van der Waals surface area contributed by atoms with Crippen molar-refractivity contribution in [1.82, 2.24) is 0 Å². The van der Waals surface area contributed by atoms with E-state index in [9.17, 15) is 0 Å². The SMILES string of the molecule is CC(C)(C)c1ccc(Oc2ccccc2)cc1.Cc1cc(C(C)(C)C)ccc1Oc1ccccc1.Cc1cccc(COc2ccc(C(C)(C)C)cc2Cl)c1. The van der Waals surface area contributed by atoms with E-state index >= 15 is 0 Å². The van der Waals surface area contributed by atoms with Crippen molar-refractivity contribution < 1.29 is 14.2 Å². The first-order valence-electron chi connectivity index (χ1n) is 19.0. The Bertz CT molecular complexity index is 2060. The minimum Gasteiger partial charge on any atom is -0.487 e. The van der Waals surface area contributed by atoms with Gasteiger partial charge in [-0.15, -0.1) is 0 Å². The molecule has 0 N–H and O–H groups in total. The van der Waals surface area contributed by atoms with Gasteiger partial charge in [0.15, 0.2) is 0 Å². The Labute approximate surface area is 336 Å². The van der Waals surface area contributed by atoms with Gasteiger partial charge in [-0.25, -0.2) is 0 Å². The molecule has 0 saturated heterocycles. The maximum atomic E-state index is 6.31. The zero-order valence-electron chi connectivity index (χ0n) is 34.7. The van der Waals surface area contributed by atoms with Crippen LogP contribution in [0.1, 0.15) is 95.7 Å². The van der Waals surface area contributed by atoms with Crippen LogP contribution in [0.4, 0.5) is 0 Å². The average molecular weight is 755 g/mol. The molecule has 0 spiro atoms. The largest absolute Gasteiger partial charge is 0.487 e. The summed E-state index contributed by atoms with van der Waals surface area (Å²) in [6.45, 7) is 24.5. The number of rotatable bonds is 7. The second-order valence-electron chi connectivity index (χ2n) is 17.0.